The van der Waals surface area contributed by atoms with E-state index in [0.29, 0.717) is 23.0 Å². The minimum Gasteiger partial charge on any atom is -0.406 e. The molecule has 0 aliphatic heterocycles. The van der Waals surface area contributed by atoms with E-state index in [4.69, 9.17) is 0 Å². The monoisotopic (exact) mass is 442 g/mol. The molecule has 2 aromatic carbocycles. The van der Waals surface area contributed by atoms with E-state index in [2.05, 4.69) is 25.3 Å². The molecule has 0 spiro atoms. The number of aromatic nitrogens is 2. The largest absolute Gasteiger partial charge is 0.573 e. The third-order valence-electron chi connectivity index (χ3n) is 5.44. The first kappa shape index (κ1) is 21.9. The SMILES string of the molecule is Cc1ccccc1Nc1cc(-c2cccc(OC(F)(F)F)c2)nc(NC2CCCCC2)n1. The van der Waals surface area contributed by atoms with Crippen molar-refractivity contribution in [3.05, 3.63) is 60.2 Å². The van der Waals surface area contributed by atoms with E-state index in [1.54, 1.807) is 12.1 Å². The minimum atomic E-state index is -4.75. The van der Waals surface area contributed by atoms with Gasteiger partial charge in [0.1, 0.15) is 11.6 Å². The first-order valence-corrected chi connectivity index (χ1v) is 10.7. The van der Waals surface area contributed by atoms with E-state index in [1.807, 2.05) is 31.2 Å². The van der Waals surface area contributed by atoms with Crippen LogP contribution in [-0.4, -0.2) is 22.4 Å². The highest BCUT2D eigenvalue weighted by Gasteiger charge is 2.31. The predicted octanol–water partition coefficient (Wildman–Crippen LogP) is 6.84. The first-order valence-electron chi connectivity index (χ1n) is 10.7. The number of benzene rings is 2. The van der Waals surface area contributed by atoms with E-state index in [1.165, 1.54) is 24.6 Å². The van der Waals surface area contributed by atoms with Crippen molar-refractivity contribution in [3.8, 4) is 17.0 Å². The lowest BCUT2D eigenvalue weighted by Crippen LogP contribution is -2.23. The average molecular weight is 442 g/mol. The maximum atomic E-state index is 12.7. The van der Waals surface area contributed by atoms with Crippen molar-refractivity contribution in [2.75, 3.05) is 10.6 Å². The summed E-state index contributed by atoms with van der Waals surface area (Å²) in [6, 6.07) is 15.6. The van der Waals surface area contributed by atoms with Gasteiger partial charge in [-0.2, -0.15) is 4.98 Å². The Kier molecular flexibility index (Phi) is 6.48. The van der Waals surface area contributed by atoms with Crippen LogP contribution in [-0.2, 0) is 0 Å². The number of para-hydroxylation sites is 1. The van der Waals surface area contributed by atoms with Crippen molar-refractivity contribution in [1.29, 1.82) is 0 Å². The van der Waals surface area contributed by atoms with E-state index in [9.17, 15) is 13.2 Å². The number of hydrogen-bond acceptors (Lipinski definition) is 5. The topological polar surface area (TPSA) is 59.1 Å². The molecule has 1 aliphatic carbocycles. The highest BCUT2D eigenvalue weighted by atomic mass is 19.4. The van der Waals surface area contributed by atoms with Gasteiger partial charge in [0, 0.05) is 23.4 Å². The molecule has 5 nitrogen and oxygen atoms in total. The van der Waals surface area contributed by atoms with Crippen molar-refractivity contribution in [1.82, 2.24) is 9.97 Å². The van der Waals surface area contributed by atoms with Gasteiger partial charge in [0.2, 0.25) is 5.95 Å². The maximum absolute atomic E-state index is 12.7. The van der Waals surface area contributed by atoms with Crippen molar-refractivity contribution in [3.63, 3.8) is 0 Å². The van der Waals surface area contributed by atoms with E-state index >= 15 is 0 Å². The lowest BCUT2D eigenvalue weighted by Gasteiger charge is -2.23. The first-order chi connectivity index (χ1) is 15.4. The number of ether oxygens (including phenoxy) is 1. The number of halogens is 3. The molecule has 4 rings (SSSR count). The Balaban J connectivity index is 1.68. The van der Waals surface area contributed by atoms with Gasteiger partial charge in [-0.25, -0.2) is 4.98 Å². The number of hydrogen-bond donors (Lipinski definition) is 2. The van der Waals surface area contributed by atoms with Crippen LogP contribution in [0.5, 0.6) is 5.75 Å². The molecule has 0 amide bonds. The quantitative estimate of drug-likeness (QED) is 0.438. The van der Waals surface area contributed by atoms with Crippen molar-refractivity contribution < 1.29 is 17.9 Å². The van der Waals surface area contributed by atoms with Gasteiger partial charge in [-0.3, -0.25) is 0 Å². The molecule has 0 atom stereocenters. The lowest BCUT2D eigenvalue weighted by atomic mass is 9.96. The van der Waals surface area contributed by atoms with Crippen molar-refractivity contribution in [2.24, 2.45) is 0 Å². The molecule has 1 heterocycles. The van der Waals surface area contributed by atoms with Crippen LogP contribution in [0.3, 0.4) is 0 Å². The van der Waals surface area contributed by atoms with Gasteiger partial charge in [0.15, 0.2) is 0 Å². The summed E-state index contributed by atoms with van der Waals surface area (Å²) in [6.07, 6.45) is 0.873. The van der Waals surface area contributed by atoms with Gasteiger partial charge in [0.25, 0.3) is 0 Å². The zero-order valence-corrected chi connectivity index (χ0v) is 17.7. The molecule has 0 radical (unpaired) electrons. The fourth-order valence-electron chi connectivity index (χ4n) is 3.86. The highest BCUT2D eigenvalue weighted by molar-refractivity contribution is 5.69. The van der Waals surface area contributed by atoms with Crippen LogP contribution in [0.1, 0.15) is 37.7 Å². The van der Waals surface area contributed by atoms with Gasteiger partial charge < -0.3 is 15.4 Å². The molecule has 1 saturated carbocycles. The summed E-state index contributed by atoms with van der Waals surface area (Å²) in [5.41, 5.74) is 2.96. The zero-order valence-electron chi connectivity index (χ0n) is 17.7. The summed E-state index contributed by atoms with van der Waals surface area (Å²) in [5, 5.41) is 6.72. The van der Waals surface area contributed by atoms with Gasteiger partial charge in [-0.15, -0.1) is 13.2 Å². The smallest absolute Gasteiger partial charge is 0.406 e. The molecule has 2 N–H and O–H groups in total. The predicted molar refractivity (Wildman–Crippen MR) is 119 cm³/mol. The molecular weight excluding hydrogens is 417 g/mol. The second-order valence-electron chi connectivity index (χ2n) is 7.96. The molecule has 168 valence electrons. The van der Waals surface area contributed by atoms with Gasteiger partial charge in [-0.05, 0) is 43.5 Å². The summed E-state index contributed by atoms with van der Waals surface area (Å²) in [7, 11) is 0. The Morgan fingerprint density at radius 1 is 0.938 bits per heavy atom. The fourth-order valence-corrected chi connectivity index (χ4v) is 3.86. The Bertz CT molecular complexity index is 1070. The van der Waals surface area contributed by atoms with E-state index in [-0.39, 0.29) is 11.8 Å². The third kappa shape index (κ3) is 5.90. The maximum Gasteiger partial charge on any atom is 0.573 e. The minimum absolute atomic E-state index is 0.283. The standard InChI is InChI=1S/C24H25F3N4O/c1-16-8-5-6-13-20(16)29-22-15-21(17-9-7-12-19(14-17)32-24(25,26)27)30-23(31-22)28-18-10-3-2-4-11-18/h5-9,12-15,18H,2-4,10-11H2,1H3,(H2,28,29,30,31). The fraction of sp³-hybridized carbons (Fsp3) is 0.333. The molecule has 0 saturated heterocycles. The normalized spacial score (nSPS) is 14.8. The molecule has 1 aromatic heterocycles. The van der Waals surface area contributed by atoms with E-state index < -0.39 is 6.36 Å². The van der Waals surface area contributed by atoms with Crippen LogP contribution < -0.4 is 15.4 Å². The number of anilines is 3. The number of alkyl halides is 3. The number of aryl methyl sites for hydroxylation is 1. The summed E-state index contributed by atoms with van der Waals surface area (Å²) in [5.74, 6) is 0.723. The molecule has 32 heavy (non-hydrogen) atoms. The van der Waals surface area contributed by atoms with E-state index in [0.717, 1.165) is 36.9 Å². The van der Waals surface area contributed by atoms with Gasteiger partial charge in [0.05, 0.1) is 5.69 Å². The molecular formula is C24H25F3N4O. The van der Waals surface area contributed by atoms with Gasteiger partial charge >= 0.3 is 6.36 Å². The van der Waals surface area contributed by atoms with Crippen molar-refractivity contribution >= 4 is 17.5 Å². The van der Waals surface area contributed by atoms with Crippen LogP contribution in [0.25, 0.3) is 11.3 Å². The average Bonchev–Trinajstić information content (AvgIpc) is 2.75. The number of nitrogens with zero attached hydrogens (tertiary/aromatic N) is 2. The molecule has 1 fully saturated rings. The van der Waals surface area contributed by atoms with Crippen LogP contribution in [0, 0.1) is 6.92 Å². The van der Waals surface area contributed by atoms with Crippen molar-refractivity contribution in [2.45, 2.75) is 51.4 Å². The zero-order chi connectivity index (χ0) is 22.6. The Morgan fingerprint density at radius 3 is 2.47 bits per heavy atom. The molecule has 3 aromatic rings. The summed E-state index contributed by atoms with van der Waals surface area (Å²) in [6.45, 7) is 1.99. The van der Waals surface area contributed by atoms with Crippen LogP contribution in [0.2, 0.25) is 0 Å². The Hall–Kier alpha value is -3.29. The summed E-state index contributed by atoms with van der Waals surface area (Å²) >= 11 is 0. The highest BCUT2D eigenvalue weighted by Crippen LogP contribution is 2.30. The van der Waals surface area contributed by atoms with Crippen LogP contribution >= 0.6 is 0 Å². The number of rotatable bonds is 6. The lowest BCUT2D eigenvalue weighted by molar-refractivity contribution is -0.274. The second kappa shape index (κ2) is 9.46. The third-order valence-corrected chi connectivity index (χ3v) is 5.44. The number of nitrogens with one attached hydrogen (secondary N) is 2. The Morgan fingerprint density at radius 2 is 1.72 bits per heavy atom. The molecule has 1 aliphatic rings. The second-order valence-corrected chi connectivity index (χ2v) is 7.96. The van der Waals surface area contributed by atoms with Crippen LogP contribution in [0.4, 0.5) is 30.6 Å². The summed E-state index contributed by atoms with van der Waals surface area (Å²) in [4.78, 5) is 9.23. The Labute approximate surface area is 185 Å². The summed E-state index contributed by atoms with van der Waals surface area (Å²) < 4.78 is 42.1. The van der Waals surface area contributed by atoms with Gasteiger partial charge in [-0.1, -0.05) is 49.6 Å². The molecule has 0 bridgehead atoms. The van der Waals surface area contributed by atoms with Crippen LogP contribution in [0.15, 0.2) is 54.6 Å². The molecule has 8 heteroatoms. The molecule has 0 unspecified atom stereocenters.